The molecule has 0 atom stereocenters. The van der Waals surface area contributed by atoms with Crippen LogP contribution in [-0.2, 0) is 16.6 Å². The van der Waals surface area contributed by atoms with Gasteiger partial charge in [-0.1, -0.05) is 60.3 Å². The Bertz CT molecular complexity index is 1660. The largest absolute Gasteiger partial charge is 0.465 e. The molecule has 0 radical (unpaired) electrons. The minimum Gasteiger partial charge on any atom is -0.465 e. The Morgan fingerprint density at radius 3 is 2.55 bits per heavy atom. The molecule has 3 aromatic heterocycles. The Balaban J connectivity index is 1.40. The van der Waals surface area contributed by atoms with E-state index >= 15 is 0 Å². The molecule has 0 aliphatic rings. The molecule has 0 bridgehead atoms. The molecule has 38 heavy (non-hydrogen) atoms. The summed E-state index contributed by atoms with van der Waals surface area (Å²) in [6.45, 7) is 3.75. The van der Waals surface area contributed by atoms with Gasteiger partial charge in [0.25, 0.3) is 0 Å². The normalized spacial score (nSPS) is 11.1. The van der Waals surface area contributed by atoms with Gasteiger partial charge >= 0.3 is 5.97 Å². The van der Waals surface area contributed by atoms with Crippen molar-refractivity contribution in [3.63, 3.8) is 0 Å². The number of thiophene rings is 1. The van der Waals surface area contributed by atoms with Crippen LogP contribution in [0.15, 0.2) is 65.8 Å². The highest BCUT2D eigenvalue weighted by Crippen LogP contribution is 2.34. The molecule has 0 saturated carbocycles. The van der Waals surface area contributed by atoms with E-state index in [2.05, 4.69) is 15.5 Å². The number of anilines is 1. The highest BCUT2D eigenvalue weighted by Gasteiger charge is 2.22. The zero-order valence-corrected chi connectivity index (χ0v) is 22.9. The number of ether oxygens (including phenoxy) is 1. The van der Waals surface area contributed by atoms with Crippen LogP contribution in [0.5, 0.6) is 0 Å². The number of rotatable bonds is 7. The summed E-state index contributed by atoms with van der Waals surface area (Å²) in [7, 11) is 3.21. The van der Waals surface area contributed by atoms with Crippen LogP contribution in [0.2, 0.25) is 0 Å². The molecule has 1 N–H and O–H groups in total. The number of esters is 1. The fourth-order valence-corrected chi connectivity index (χ4v) is 5.92. The van der Waals surface area contributed by atoms with Crippen LogP contribution in [-0.4, -0.2) is 44.5 Å². The van der Waals surface area contributed by atoms with Gasteiger partial charge in [-0.2, -0.15) is 0 Å². The third kappa shape index (κ3) is 4.92. The zero-order chi connectivity index (χ0) is 26.8. The number of nitrogens with zero attached hydrogens (tertiary/aromatic N) is 4. The number of carbonyl (C=O) groups excluding carboxylic acids is 2. The van der Waals surface area contributed by atoms with Crippen LogP contribution >= 0.6 is 23.1 Å². The highest BCUT2D eigenvalue weighted by atomic mass is 32.2. The van der Waals surface area contributed by atoms with E-state index in [-0.39, 0.29) is 11.7 Å². The molecule has 10 heteroatoms. The molecular weight excluding hydrogens is 518 g/mol. The number of fused-ring (bicyclic) bond motifs is 1. The Kier molecular flexibility index (Phi) is 7.26. The summed E-state index contributed by atoms with van der Waals surface area (Å²) in [4.78, 5) is 30.8. The summed E-state index contributed by atoms with van der Waals surface area (Å²) in [5, 5.41) is 13.8. The van der Waals surface area contributed by atoms with Crippen LogP contribution in [0.3, 0.4) is 0 Å². The van der Waals surface area contributed by atoms with E-state index in [0.717, 1.165) is 38.2 Å². The van der Waals surface area contributed by atoms with Gasteiger partial charge in [0.1, 0.15) is 5.00 Å². The Hall–Kier alpha value is -4.02. The van der Waals surface area contributed by atoms with E-state index in [1.165, 1.54) is 30.2 Å². The zero-order valence-electron chi connectivity index (χ0n) is 21.3. The third-order valence-corrected chi connectivity index (χ3v) is 8.36. The maximum atomic E-state index is 12.8. The average Bonchev–Trinajstić information content (AvgIpc) is 3.44. The first-order valence-electron chi connectivity index (χ1n) is 11.8. The van der Waals surface area contributed by atoms with Crippen LogP contribution < -0.4 is 5.32 Å². The lowest BCUT2D eigenvalue weighted by Gasteiger charge is -2.10. The van der Waals surface area contributed by atoms with Gasteiger partial charge in [-0.25, -0.2) is 9.78 Å². The smallest absolute Gasteiger partial charge is 0.341 e. The SMILES string of the molecule is COC(=O)c1c(NC(=O)CSc2nnc(-c3cc(-c4ccccc4)nc4ccccc34)n2C)sc(C)c1C. The number of nitrogens with one attached hydrogen (secondary N) is 1. The van der Waals surface area contributed by atoms with Crippen LogP contribution in [0.25, 0.3) is 33.5 Å². The summed E-state index contributed by atoms with van der Waals surface area (Å²) in [5.41, 5.74) is 4.84. The van der Waals surface area contributed by atoms with E-state index in [1.807, 2.05) is 86.1 Å². The van der Waals surface area contributed by atoms with Crippen molar-refractivity contribution in [2.24, 2.45) is 7.05 Å². The number of benzene rings is 2. The summed E-state index contributed by atoms with van der Waals surface area (Å²) >= 11 is 2.64. The fourth-order valence-electron chi connectivity index (χ4n) is 4.15. The maximum Gasteiger partial charge on any atom is 0.341 e. The van der Waals surface area contributed by atoms with Gasteiger partial charge in [-0.3, -0.25) is 4.79 Å². The van der Waals surface area contributed by atoms with Crippen molar-refractivity contribution in [2.75, 3.05) is 18.2 Å². The molecule has 3 heterocycles. The molecule has 0 unspecified atom stereocenters. The molecule has 5 aromatic rings. The van der Waals surface area contributed by atoms with Crippen molar-refractivity contribution in [3.8, 4) is 22.6 Å². The standard InChI is InChI=1S/C28H25N5O3S2/c1-16-17(2)38-26(24(16)27(35)36-4)30-23(34)15-37-28-32-31-25(33(28)3)20-14-22(18-10-6-5-7-11-18)29-21-13-9-8-12-19(20)21/h5-14H,15H2,1-4H3,(H,30,34). The number of aryl methyl sites for hydroxylation is 1. The fraction of sp³-hybridized carbons (Fsp3) is 0.179. The third-order valence-electron chi connectivity index (χ3n) is 6.22. The van der Waals surface area contributed by atoms with E-state index < -0.39 is 5.97 Å². The van der Waals surface area contributed by atoms with Crippen LogP contribution in [0.1, 0.15) is 20.8 Å². The summed E-state index contributed by atoms with van der Waals surface area (Å²) in [6, 6.07) is 20.0. The molecular formula is C28H25N5O3S2. The van der Waals surface area contributed by atoms with E-state index in [4.69, 9.17) is 9.72 Å². The number of aromatic nitrogens is 4. The number of hydrogen-bond acceptors (Lipinski definition) is 8. The minimum atomic E-state index is -0.466. The Labute approximate surface area is 228 Å². The molecule has 0 saturated heterocycles. The first-order valence-corrected chi connectivity index (χ1v) is 13.6. The second kappa shape index (κ2) is 10.8. The van der Waals surface area contributed by atoms with Crippen molar-refractivity contribution in [1.29, 1.82) is 0 Å². The minimum absolute atomic E-state index is 0.106. The van der Waals surface area contributed by atoms with Gasteiger partial charge in [-0.15, -0.1) is 21.5 Å². The van der Waals surface area contributed by atoms with Crippen molar-refractivity contribution in [1.82, 2.24) is 19.7 Å². The molecule has 2 aromatic carbocycles. The summed E-state index contributed by atoms with van der Waals surface area (Å²) in [5.74, 6) is 0.0784. The number of carbonyl (C=O) groups is 2. The van der Waals surface area contributed by atoms with Crippen molar-refractivity contribution in [3.05, 3.63) is 76.7 Å². The van der Waals surface area contributed by atoms with E-state index in [0.29, 0.717) is 21.5 Å². The van der Waals surface area contributed by atoms with Gasteiger partial charge in [0.2, 0.25) is 5.91 Å². The highest BCUT2D eigenvalue weighted by molar-refractivity contribution is 7.99. The number of methoxy groups -OCH3 is 1. The lowest BCUT2D eigenvalue weighted by molar-refractivity contribution is -0.113. The van der Waals surface area contributed by atoms with Gasteiger partial charge in [0, 0.05) is 28.4 Å². The second-order valence-corrected chi connectivity index (χ2v) is 10.8. The number of pyridine rings is 1. The Morgan fingerprint density at radius 2 is 1.79 bits per heavy atom. The first-order chi connectivity index (χ1) is 18.4. The molecule has 0 aliphatic carbocycles. The monoisotopic (exact) mass is 543 g/mol. The van der Waals surface area contributed by atoms with Crippen molar-refractivity contribution < 1.29 is 14.3 Å². The van der Waals surface area contributed by atoms with E-state index in [1.54, 1.807) is 0 Å². The average molecular weight is 544 g/mol. The van der Waals surface area contributed by atoms with Crippen LogP contribution in [0, 0.1) is 13.8 Å². The van der Waals surface area contributed by atoms with Gasteiger partial charge in [-0.05, 0) is 31.5 Å². The molecule has 5 rings (SSSR count). The number of amides is 1. The molecule has 0 fully saturated rings. The number of thioether (sulfide) groups is 1. The van der Waals surface area contributed by atoms with Crippen molar-refractivity contribution >= 4 is 50.9 Å². The topological polar surface area (TPSA) is 99.0 Å². The number of hydrogen-bond donors (Lipinski definition) is 1. The predicted molar refractivity (Wildman–Crippen MR) is 152 cm³/mol. The predicted octanol–water partition coefficient (Wildman–Crippen LogP) is 5.89. The lowest BCUT2D eigenvalue weighted by Crippen LogP contribution is -2.16. The lowest BCUT2D eigenvalue weighted by atomic mass is 10.0. The van der Waals surface area contributed by atoms with Gasteiger partial charge in [0.05, 0.1) is 29.6 Å². The number of para-hydroxylation sites is 1. The molecule has 0 aliphatic heterocycles. The quantitative estimate of drug-likeness (QED) is 0.202. The van der Waals surface area contributed by atoms with Crippen LogP contribution in [0.4, 0.5) is 5.00 Å². The second-order valence-electron chi connectivity index (χ2n) is 8.62. The van der Waals surface area contributed by atoms with E-state index in [9.17, 15) is 9.59 Å². The first kappa shape index (κ1) is 25.6. The maximum absolute atomic E-state index is 12.8. The molecule has 0 spiro atoms. The Morgan fingerprint density at radius 1 is 1.05 bits per heavy atom. The summed E-state index contributed by atoms with van der Waals surface area (Å²) in [6.07, 6.45) is 0. The van der Waals surface area contributed by atoms with Crippen molar-refractivity contribution in [2.45, 2.75) is 19.0 Å². The summed E-state index contributed by atoms with van der Waals surface area (Å²) < 4.78 is 6.78. The molecule has 8 nitrogen and oxygen atoms in total. The van der Waals surface area contributed by atoms with Gasteiger partial charge < -0.3 is 14.6 Å². The molecule has 1 amide bonds. The van der Waals surface area contributed by atoms with Gasteiger partial charge in [0.15, 0.2) is 11.0 Å². The molecule has 192 valence electrons.